The highest BCUT2D eigenvalue weighted by Gasteiger charge is 2.10. The van der Waals surface area contributed by atoms with Crippen LogP contribution in [0, 0.1) is 5.95 Å². The number of nitrogens with zero attached hydrogens (tertiary/aromatic N) is 2. The molecule has 0 aromatic carbocycles. The minimum absolute atomic E-state index is 0.00167. The molecule has 0 spiro atoms. The van der Waals surface area contributed by atoms with Gasteiger partial charge in [-0.1, -0.05) is 0 Å². The van der Waals surface area contributed by atoms with Crippen LogP contribution >= 0.6 is 0 Å². The maximum atomic E-state index is 13.2. The van der Waals surface area contributed by atoms with Crippen LogP contribution in [-0.2, 0) is 0 Å². The molecule has 0 atom stereocenters. The smallest absolute Gasteiger partial charge is 0.255 e. The molecule has 0 bridgehead atoms. The molecule has 1 aromatic heterocycles. The Morgan fingerprint density at radius 1 is 1.47 bits per heavy atom. The highest BCUT2D eigenvalue weighted by molar-refractivity contribution is 5.94. The first-order valence-corrected chi connectivity index (χ1v) is 6.61. The molecule has 1 N–H and O–H groups in total. The summed E-state index contributed by atoms with van der Waals surface area (Å²) in [7, 11) is 2.08. The maximum Gasteiger partial charge on any atom is 0.255 e. The zero-order valence-electron chi connectivity index (χ0n) is 11.8. The standard InChI is InChI=1S/C14H22FN3O/c1-11(2)18(3)10-5-4-8-17-14(19)12-7-6-9-16-13(12)15/h6-7,9,11H,4-5,8,10H2,1-3H3,(H,17,19). The lowest BCUT2D eigenvalue weighted by Gasteiger charge is -2.20. The van der Waals surface area contributed by atoms with Crippen LogP contribution in [-0.4, -0.2) is 42.0 Å². The number of halogens is 1. The normalized spacial score (nSPS) is 11.1. The van der Waals surface area contributed by atoms with E-state index in [1.54, 1.807) is 6.07 Å². The van der Waals surface area contributed by atoms with Crippen LogP contribution in [0.2, 0.25) is 0 Å². The maximum absolute atomic E-state index is 13.2. The van der Waals surface area contributed by atoms with Gasteiger partial charge in [0, 0.05) is 18.8 Å². The third-order valence-electron chi connectivity index (χ3n) is 3.11. The van der Waals surface area contributed by atoms with E-state index in [1.807, 2.05) is 0 Å². The van der Waals surface area contributed by atoms with Crippen molar-refractivity contribution in [3.8, 4) is 0 Å². The van der Waals surface area contributed by atoms with Crippen LogP contribution in [0.5, 0.6) is 0 Å². The van der Waals surface area contributed by atoms with Gasteiger partial charge in [-0.05, 0) is 52.4 Å². The van der Waals surface area contributed by atoms with Crippen molar-refractivity contribution in [2.45, 2.75) is 32.7 Å². The van der Waals surface area contributed by atoms with E-state index in [4.69, 9.17) is 0 Å². The van der Waals surface area contributed by atoms with Crippen LogP contribution in [0.1, 0.15) is 37.0 Å². The largest absolute Gasteiger partial charge is 0.352 e. The second-order valence-electron chi connectivity index (χ2n) is 4.88. The molecule has 0 aliphatic rings. The number of amides is 1. The Bertz CT molecular complexity index is 409. The summed E-state index contributed by atoms with van der Waals surface area (Å²) in [5.74, 6) is -1.12. The number of carbonyl (C=O) groups is 1. The van der Waals surface area contributed by atoms with Gasteiger partial charge in [-0.2, -0.15) is 4.39 Å². The van der Waals surface area contributed by atoms with Gasteiger partial charge >= 0.3 is 0 Å². The van der Waals surface area contributed by atoms with Crippen molar-refractivity contribution in [1.29, 1.82) is 0 Å². The van der Waals surface area contributed by atoms with E-state index in [1.165, 1.54) is 12.3 Å². The van der Waals surface area contributed by atoms with Gasteiger partial charge in [0.05, 0.1) is 5.56 Å². The fraction of sp³-hybridized carbons (Fsp3) is 0.571. The lowest BCUT2D eigenvalue weighted by Crippen LogP contribution is -2.29. The predicted molar refractivity (Wildman–Crippen MR) is 73.5 cm³/mol. The van der Waals surface area contributed by atoms with Gasteiger partial charge in [0.1, 0.15) is 0 Å². The molecular formula is C14H22FN3O. The monoisotopic (exact) mass is 267 g/mol. The molecule has 1 amide bonds. The van der Waals surface area contributed by atoms with Crippen molar-refractivity contribution >= 4 is 5.91 Å². The van der Waals surface area contributed by atoms with Gasteiger partial charge in [0.25, 0.3) is 5.91 Å². The summed E-state index contributed by atoms with van der Waals surface area (Å²) in [5, 5.41) is 2.71. The quantitative estimate of drug-likeness (QED) is 0.607. The summed E-state index contributed by atoms with van der Waals surface area (Å²) in [6.45, 7) is 5.84. The number of rotatable bonds is 7. The molecule has 5 heteroatoms. The zero-order valence-corrected chi connectivity index (χ0v) is 11.8. The molecule has 0 saturated carbocycles. The Balaban J connectivity index is 2.23. The van der Waals surface area contributed by atoms with E-state index in [0.717, 1.165) is 19.4 Å². The van der Waals surface area contributed by atoms with Crippen LogP contribution in [0.15, 0.2) is 18.3 Å². The van der Waals surface area contributed by atoms with E-state index in [-0.39, 0.29) is 5.56 Å². The Hall–Kier alpha value is -1.49. The molecule has 1 heterocycles. The predicted octanol–water partition coefficient (Wildman–Crippen LogP) is 2.07. The highest BCUT2D eigenvalue weighted by Crippen LogP contribution is 2.03. The number of unbranched alkanes of at least 4 members (excludes halogenated alkanes) is 1. The first-order valence-electron chi connectivity index (χ1n) is 6.61. The summed E-state index contributed by atoms with van der Waals surface area (Å²) in [6.07, 6.45) is 3.21. The Kier molecular flexibility index (Phi) is 6.42. The Morgan fingerprint density at radius 2 is 2.21 bits per heavy atom. The Labute approximate surface area is 114 Å². The van der Waals surface area contributed by atoms with Gasteiger partial charge in [0.15, 0.2) is 0 Å². The lowest BCUT2D eigenvalue weighted by atomic mass is 10.2. The average Bonchev–Trinajstić information content (AvgIpc) is 2.38. The second kappa shape index (κ2) is 7.84. The number of pyridine rings is 1. The summed E-state index contributed by atoms with van der Waals surface area (Å²) in [5.41, 5.74) is 0.00167. The summed E-state index contributed by atoms with van der Waals surface area (Å²) in [4.78, 5) is 17.4. The third-order valence-corrected chi connectivity index (χ3v) is 3.11. The topological polar surface area (TPSA) is 45.2 Å². The van der Waals surface area contributed by atoms with Crippen molar-refractivity contribution in [1.82, 2.24) is 15.2 Å². The first-order chi connectivity index (χ1) is 9.02. The molecule has 0 aliphatic heterocycles. The number of hydrogen-bond donors (Lipinski definition) is 1. The summed E-state index contributed by atoms with van der Waals surface area (Å²) in [6, 6.07) is 3.51. The van der Waals surface area contributed by atoms with Gasteiger partial charge in [-0.15, -0.1) is 0 Å². The van der Waals surface area contributed by atoms with E-state index in [0.29, 0.717) is 12.6 Å². The van der Waals surface area contributed by atoms with Crippen LogP contribution in [0.3, 0.4) is 0 Å². The second-order valence-corrected chi connectivity index (χ2v) is 4.88. The van der Waals surface area contributed by atoms with Crippen LogP contribution in [0.4, 0.5) is 4.39 Å². The Morgan fingerprint density at radius 3 is 2.84 bits per heavy atom. The van der Waals surface area contributed by atoms with Gasteiger partial charge in [-0.25, -0.2) is 4.98 Å². The first kappa shape index (κ1) is 15.6. The fourth-order valence-corrected chi connectivity index (χ4v) is 1.60. The molecule has 0 unspecified atom stereocenters. The molecule has 1 rings (SSSR count). The van der Waals surface area contributed by atoms with Crippen molar-refractivity contribution < 1.29 is 9.18 Å². The number of nitrogens with one attached hydrogen (secondary N) is 1. The van der Waals surface area contributed by atoms with Gasteiger partial charge < -0.3 is 10.2 Å². The van der Waals surface area contributed by atoms with E-state index < -0.39 is 11.9 Å². The molecule has 0 aliphatic carbocycles. The fourth-order valence-electron chi connectivity index (χ4n) is 1.60. The van der Waals surface area contributed by atoms with Crippen LogP contribution < -0.4 is 5.32 Å². The molecule has 0 radical (unpaired) electrons. The van der Waals surface area contributed by atoms with E-state index in [2.05, 4.69) is 36.1 Å². The molecule has 19 heavy (non-hydrogen) atoms. The molecule has 0 saturated heterocycles. The number of aromatic nitrogens is 1. The zero-order chi connectivity index (χ0) is 14.3. The SMILES string of the molecule is CC(C)N(C)CCCCNC(=O)c1cccnc1F. The third kappa shape index (κ3) is 5.34. The molecule has 106 valence electrons. The summed E-state index contributed by atoms with van der Waals surface area (Å²) < 4.78 is 13.2. The minimum atomic E-state index is -0.723. The summed E-state index contributed by atoms with van der Waals surface area (Å²) >= 11 is 0. The van der Waals surface area contributed by atoms with Gasteiger partial charge in [0.2, 0.25) is 5.95 Å². The molecule has 0 fully saturated rings. The van der Waals surface area contributed by atoms with Crippen molar-refractivity contribution in [2.75, 3.05) is 20.1 Å². The molecule has 4 nitrogen and oxygen atoms in total. The lowest BCUT2D eigenvalue weighted by molar-refractivity contribution is 0.0947. The average molecular weight is 267 g/mol. The van der Waals surface area contributed by atoms with Crippen LogP contribution in [0.25, 0.3) is 0 Å². The van der Waals surface area contributed by atoms with Crippen molar-refractivity contribution in [2.24, 2.45) is 0 Å². The van der Waals surface area contributed by atoms with Gasteiger partial charge in [-0.3, -0.25) is 4.79 Å². The molecule has 1 aromatic rings. The highest BCUT2D eigenvalue weighted by atomic mass is 19.1. The van der Waals surface area contributed by atoms with Crippen molar-refractivity contribution in [3.05, 3.63) is 29.8 Å². The minimum Gasteiger partial charge on any atom is -0.352 e. The van der Waals surface area contributed by atoms with E-state index >= 15 is 0 Å². The number of hydrogen-bond acceptors (Lipinski definition) is 3. The molecular weight excluding hydrogens is 245 g/mol. The van der Waals surface area contributed by atoms with E-state index in [9.17, 15) is 9.18 Å². The number of carbonyl (C=O) groups excluding carboxylic acids is 1. The van der Waals surface area contributed by atoms with Crippen molar-refractivity contribution in [3.63, 3.8) is 0 Å².